The van der Waals surface area contributed by atoms with Gasteiger partial charge in [0.1, 0.15) is 18.1 Å². The van der Waals surface area contributed by atoms with E-state index in [1.165, 1.54) is 4.88 Å². The van der Waals surface area contributed by atoms with Gasteiger partial charge in [0, 0.05) is 31.1 Å². The van der Waals surface area contributed by atoms with E-state index >= 15 is 0 Å². The van der Waals surface area contributed by atoms with Gasteiger partial charge in [-0.15, -0.1) is 11.3 Å². The van der Waals surface area contributed by atoms with Crippen molar-refractivity contribution in [2.24, 2.45) is 4.99 Å². The molecule has 1 aromatic heterocycles. The minimum atomic E-state index is 0.555. The van der Waals surface area contributed by atoms with Gasteiger partial charge in [-0.25, -0.2) is 4.98 Å². The summed E-state index contributed by atoms with van der Waals surface area (Å²) in [5.74, 6) is 2.41. The van der Waals surface area contributed by atoms with Gasteiger partial charge in [0.15, 0.2) is 5.96 Å². The van der Waals surface area contributed by atoms with Gasteiger partial charge in [-0.1, -0.05) is 6.92 Å². The number of aliphatic imine (C=N–C) groups is 1. The largest absolute Gasteiger partial charge is 0.497 e. The van der Waals surface area contributed by atoms with E-state index in [9.17, 15) is 0 Å². The molecular formula is C18H26N4O2S. The molecule has 0 amide bonds. The van der Waals surface area contributed by atoms with Crippen LogP contribution in [0.3, 0.4) is 0 Å². The quantitative estimate of drug-likeness (QED) is 0.408. The van der Waals surface area contributed by atoms with Crippen molar-refractivity contribution in [3.63, 3.8) is 0 Å². The van der Waals surface area contributed by atoms with Crippen LogP contribution in [0.4, 0.5) is 0 Å². The van der Waals surface area contributed by atoms with Gasteiger partial charge in [-0.05, 0) is 30.7 Å². The van der Waals surface area contributed by atoms with E-state index in [1.54, 1.807) is 25.5 Å². The van der Waals surface area contributed by atoms with E-state index in [0.29, 0.717) is 13.2 Å². The Hall–Kier alpha value is -2.28. The van der Waals surface area contributed by atoms with Gasteiger partial charge in [0.2, 0.25) is 0 Å². The molecule has 0 aliphatic rings. The Morgan fingerprint density at radius 1 is 1.16 bits per heavy atom. The number of methoxy groups -OCH3 is 1. The predicted octanol–water partition coefficient (Wildman–Crippen LogP) is 2.50. The maximum Gasteiger partial charge on any atom is 0.191 e. The number of aryl methyl sites for hydroxylation is 1. The maximum absolute atomic E-state index is 5.68. The molecule has 2 aromatic rings. The van der Waals surface area contributed by atoms with Gasteiger partial charge in [0.25, 0.3) is 0 Å². The van der Waals surface area contributed by atoms with E-state index in [4.69, 9.17) is 9.47 Å². The minimum Gasteiger partial charge on any atom is -0.497 e. The summed E-state index contributed by atoms with van der Waals surface area (Å²) in [4.78, 5) is 9.96. The van der Waals surface area contributed by atoms with Gasteiger partial charge in [-0.3, -0.25) is 4.99 Å². The zero-order valence-corrected chi connectivity index (χ0v) is 15.9. The molecule has 6 nitrogen and oxygen atoms in total. The molecule has 7 heteroatoms. The van der Waals surface area contributed by atoms with Crippen LogP contribution in [0.15, 0.2) is 35.5 Å². The van der Waals surface area contributed by atoms with Crippen LogP contribution < -0.4 is 20.1 Å². The van der Waals surface area contributed by atoms with Crippen molar-refractivity contribution in [2.45, 2.75) is 19.8 Å². The molecule has 0 saturated carbocycles. The Morgan fingerprint density at radius 3 is 2.52 bits per heavy atom. The van der Waals surface area contributed by atoms with Gasteiger partial charge < -0.3 is 20.1 Å². The van der Waals surface area contributed by atoms with Gasteiger partial charge >= 0.3 is 0 Å². The molecule has 0 saturated heterocycles. The number of benzene rings is 1. The maximum atomic E-state index is 5.68. The molecule has 25 heavy (non-hydrogen) atoms. The average Bonchev–Trinajstić information content (AvgIpc) is 3.12. The van der Waals surface area contributed by atoms with Gasteiger partial charge in [-0.2, -0.15) is 0 Å². The summed E-state index contributed by atoms with van der Waals surface area (Å²) in [6.45, 7) is 4.17. The Bertz CT molecular complexity index is 655. The van der Waals surface area contributed by atoms with Crippen molar-refractivity contribution in [1.82, 2.24) is 15.6 Å². The van der Waals surface area contributed by atoms with Crippen molar-refractivity contribution in [2.75, 3.05) is 33.9 Å². The Morgan fingerprint density at radius 2 is 1.88 bits per heavy atom. The molecule has 2 rings (SSSR count). The molecule has 0 bridgehead atoms. The monoisotopic (exact) mass is 362 g/mol. The molecule has 1 heterocycles. The fourth-order valence-electron chi connectivity index (χ4n) is 2.15. The molecule has 1 aromatic carbocycles. The third-order valence-electron chi connectivity index (χ3n) is 3.53. The first-order chi connectivity index (χ1) is 12.2. The highest BCUT2D eigenvalue weighted by Gasteiger charge is 2.02. The first-order valence-corrected chi connectivity index (χ1v) is 9.21. The van der Waals surface area contributed by atoms with Crippen LogP contribution >= 0.6 is 11.3 Å². The van der Waals surface area contributed by atoms with Crippen molar-refractivity contribution < 1.29 is 9.47 Å². The number of nitrogens with zero attached hydrogens (tertiary/aromatic N) is 2. The lowest BCUT2D eigenvalue weighted by molar-refractivity contribution is 0.321. The molecule has 0 aliphatic carbocycles. The number of thiazole rings is 1. The fourth-order valence-corrected chi connectivity index (χ4v) is 3.01. The Kier molecular flexibility index (Phi) is 8.04. The third-order valence-corrected chi connectivity index (χ3v) is 4.73. The molecule has 136 valence electrons. The lowest BCUT2D eigenvalue weighted by Gasteiger charge is -2.12. The molecule has 0 fully saturated rings. The highest BCUT2D eigenvalue weighted by molar-refractivity contribution is 7.11. The predicted molar refractivity (Wildman–Crippen MR) is 103 cm³/mol. The number of rotatable bonds is 9. The normalized spacial score (nSPS) is 11.2. The van der Waals surface area contributed by atoms with Crippen LogP contribution in [-0.4, -0.2) is 44.8 Å². The highest BCUT2D eigenvalue weighted by atomic mass is 32.1. The fraction of sp³-hybridized carbons (Fsp3) is 0.444. The molecule has 0 aliphatic heterocycles. The lowest BCUT2D eigenvalue weighted by atomic mass is 10.3. The van der Waals surface area contributed by atoms with Crippen molar-refractivity contribution in [1.29, 1.82) is 0 Å². The number of aromatic nitrogens is 1. The van der Waals surface area contributed by atoms with Crippen LogP contribution in [0.25, 0.3) is 0 Å². The molecule has 0 radical (unpaired) electrons. The third kappa shape index (κ3) is 6.62. The Labute approximate surface area is 153 Å². The summed E-state index contributed by atoms with van der Waals surface area (Å²) < 4.78 is 10.8. The molecule has 0 spiro atoms. The number of guanidine groups is 1. The lowest BCUT2D eigenvalue weighted by Crippen LogP contribution is -2.40. The summed E-state index contributed by atoms with van der Waals surface area (Å²) in [5, 5.41) is 7.68. The standard InChI is InChI=1S/C18H26N4O2S/c1-4-16-13-22-17(25-16)9-10-20-18(19-2)21-11-12-24-15-7-5-14(23-3)6-8-15/h5-8,13H,4,9-12H2,1-3H3,(H2,19,20,21). The van der Waals surface area contributed by atoms with Crippen LogP contribution in [0, 0.1) is 0 Å². The van der Waals surface area contributed by atoms with Crippen molar-refractivity contribution >= 4 is 17.3 Å². The second kappa shape index (κ2) is 10.6. The van der Waals surface area contributed by atoms with E-state index in [2.05, 4.69) is 27.5 Å². The first kappa shape index (κ1) is 19.1. The summed E-state index contributed by atoms with van der Waals surface area (Å²) in [7, 11) is 3.41. The van der Waals surface area contributed by atoms with Crippen LogP contribution in [-0.2, 0) is 12.8 Å². The second-order valence-corrected chi connectivity index (χ2v) is 6.47. The number of hydrogen-bond acceptors (Lipinski definition) is 5. The first-order valence-electron chi connectivity index (χ1n) is 8.40. The topological polar surface area (TPSA) is 67.8 Å². The van der Waals surface area contributed by atoms with Crippen molar-refractivity contribution in [3.05, 3.63) is 40.3 Å². The molecular weight excluding hydrogens is 336 g/mol. The van der Waals surface area contributed by atoms with E-state index < -0.39 is 0 Å². The zero-order chi connectivity index (χ0) is 17.9. The van der Waals surface area contributed by atoms with Crippen LogP contribution in [0.2, 0.25) is 0 Å². The summed E-state index contributed by atoms with van der Waals surface area (Å²) in [6.07, 6.45) is 3.90. The molecule has 2 N–H and O–H groups in total. The summed E-state index contributed by atoms with van der Waals surface area (Å²) in [6, 6.07) is 7.55. The average molecular weight is 362 g/mol. The van der Waals surface area contributed by atoms with E-state index in [1.807, 2.05) is 30.5 Å². The highest BCUT2D eigenvalue weighted by Crippen LogP contribution is 2.16. The van der Waals surface area contributed by atoms with Crippen LogP contribution in [0.5, 0.6) is 11.5 Å². The summed E-state index contributed by atoms with van der Waals surface area (Å²) in [5.41, 5.74) is 0. The van der Waals surface area contributed by atoms with Gasteiger partial charge in [0.05, 0.1) is 18.7 Å². The van der Waals surface area contributed by atoms with E-state index in [-0.39, 0.29) is 0 Å². The molecule has 0 atom stereocenters. The Balaban J connectivity index is 1.62. The summed E-state index contributed by atoms with van der Waals surface area (Å²) >= 11 is 1.77. The van der Waals surface area contributed by atoms with Crippen molar-refractivity contribution in [3.8, 4) is 11.5 Å². The molecule has 0 unspecified atom stereocenters. The number of ether oxygens (including phenoxy) is 2. The van der Waals surface area contributed by atoms with Crippen LogP contribution in [0.1, 0.15) is 16.8 Å². The van der Waals surface area contributed by atoms with E-state index in [0.717, 1.165) is 41.9 Å². The number of nitrogens with one attached hydrogen (secondary N) is 2. The minimum absolute atomic E-state index is 0.555. The smallest absolute Gasteiger partial charge is 0.191 e. The zero-order valence-electron chi connectivity index (χ0n) is 15.0. The SMILES string of the molecule is CCc1cnc(CCNC(=NC)NCCOc2ccc(OC)cc2)s1. The second-order valence-electron chi connectivity index (χ2n) is 5.27. The number of hydrogen-bond donors (Lipinski definition) is 2.